The van der Waals surface area contributed by atoms with Gasteiger partial charge in [-0.25, -0.2) is 0 Å². The molecule has 0 amide bonds. The fraction of sp³-hybridized carbons (Fsp3) is 0.733. The Hall–Kier alpha value is -0.560. The van der Waals surface area contributed by atoms with Crippen molar-refractivity contribution in [3.8, 4) is 0 Å². The van der Waals surface area contributed by atoms with Crippen LogP contribution in [0.2, 0.25) is 0 Å². The molecule has 2 unspecified atom stereocenters. The Labute approximate surface area is 100 Å². The van der Waals surface area contributed by atoms with E-state index in [1.165, 1.54) is 18.4 Å². The molecule has 1 aliphatic carbocycles. The maximum Gasteiger partial charge on any atom is 0.0606 e. The summed E-state index contributed by atoms with van der Waals surface area (Å²) in [5, 5.41) is 10.1. The molecule has 1 N–H and O–H groups in total. The lowest BCUT2D eigenvalue weighted by Gasteiger charge is -2.22. The molecule has 1 rings (SSSR count). The molecule has 0 aromatic heterocycles. The van der Waals surface area contributed by atoms with Gasteiger partial charge < -0.3 is 5.11 Å². The minimum atomic E-state index is -0.155. The van der Waals surface area contributed by atoms with Crippen LogP contribution in [0.5, 0.6) is 0 Å². The molecule has 0 bridgehead atoms. The largest absolute Gasteiger partial charge is 0.393 e. The van der Waals surface area contributed by atoms with Crippen molar-refractivity contribution < 1.29 is 5.11 Å². The van der Waals surface area contributed by atoms with E-state index in [1.54, 1.807) is 0 Å². The fourth-order valence-corrected chi connectivity index (χ4v) is 2.16. The zero-order valence-electron chi connectivity index (χ0n) is 10.9. The summed E-state index contributed by atoms with van der Waals surface area (Å²) in [6.45, 7) is 6.63. The van der Waals surface area contributed by atoms with E-state index >= 15 is 0 Å². The lowest BCUT2D eigenvalue weighted by Crippen LogP contribution is -2.20. The van der Waals surface area contributed by atoms with Gasteiger partial charge in [-0.1, -0.05) is 51.0 Å². The third kappa shape index (κ3) is 4.52. The second-order valence-corrected chi connectivity index (χ2v) is 5.33. The number of rotatable bonds is 6. The molecule has 2 atom stereocenters. The minimum Gasteiger partial charge on any atom is -0.393 e. The Kier molecular flexibility index (Phi) is 5.83. The van der Waals surface area contributed by atoms with Gasteiger partial charge in [-0.05, 0) is 31.6 Å². The highest BCUT2D eigenvalue weighted by Gasteiger charge is 2.17. The lowest BCUT2D eigenvalue weighted by molar-refractivity contribution is 0.114. The van der Waals surface area contributed by atoms with Crippen LogP contribution in [0.1, 0.15) is 52.9 Å². The first-order chi connectivity index (χ1) is 7.63. The molecule has 0 spiro atoms. The number of aliphatic hydroxyl groups is 1. The molecule has 0 aliphatic heterocycles. The summed E-state index contributed by atoms with van der Waals surface area (Å²) in [7, 11) is 0. The van der Waals surface area contributed by atoms with Gasteiger partial charge in [0.25, 0.3) is 0 Å². The second-order valence-electron chi connectivity index (χ2n) is 5.33. The predicted molar refractivity (Wildman–Crippen MR) is 70.3 cm³/mol. The Bertz CT molecular complexity index is 250. The standard InChI is InChI=1S/C15H26O/c1-4-5-13-7-9-14(10-8-13)15(16)11-6-12(2)3/h7-9,12,14-16H,4-6,10-11H2,1-3H3. The third-order valence-corrected chi connectivity index (χ3v) is 3.28. The zero-order valence-corrected chi connectivity index (χ0v) is 10.9. The molecular formula is C15H26O. The molecule has 0 fully saturated rings. The minimum absolute atomic E-state index is 0.155. The van der Waals surface area contributed by atoms with Crippen LogP contribution in [-0.4, -0.2) is 11.2 Å². The van der Waals surface area contributed by atoms with Crippen molar-refractivity contribution in [1.82, 2.24) is 0 Å². The summed E-state index contributed by atoms with van der Waals surface area (Å²) < 4.78 is 0. The third-order valence-electron chi connectivity index (χ3n) is 3.28. The monoisotopic (exact) mass is 222 g/mol. The number of aliphatic hydroxyl groups excluding tert-OH is 1. The summed E-state index contributed by atoms with van der Waals surface area (Å²) in [5.41, 5.74) is 1.44. The van der Waals surface area contributed by atoms with Gasteiger partial charge in [0, 0.05) is 5.92 Å². The van der Waals surface area contributed by atoms with Crippen LogP contribution in [-0.2, 0) is 0 Å². The number of hydrogen-bond acceptors (Lipinski definition) is 1. The van der Waals surface area contributed by atoms with Crippen LogP contribution < -0.4 is 0 Å². The quantitative estimate of drug-likeness (QED) is 0.717. The van der Waals surface area contributed by atoms with Crippen LogP contribution in [0.3, 0.4) is 0 Å². The van der Waals surface area contributed by atoms with E-state index in [4.69, 9.17) is 0 Å². The smallest absolute Gasteiger partial charge is 0.0606 e. The SMILES string of the molecule is CCCC1=CCC(C(O)CCC(C)C)C=C1. The van der Waals surface area contributed by atoms with Gasteiger partial charge in [0.15, 0.2) is 0 Å². The van der Waals surface area contributed by atoms with Gasteiger partial charge in [0.2, 0.25) is 0 Å². The first-order valence-electron chi connectivity index (χ1n) is 6.68. The van der Waals surface area contributed by atoms with Crippen molar-refractivity contribution in [3.63, 3.8) is 0 Å². The molecule has 1 aliphatic rings. The molecule has 0 heterocycles. The average molecular weight is 222 g/mol. The first-order valence-corrected chi connectivity index (χ1v) is 6.68. The van der Waals surface area contributed by atoms with E-state index in [9.17, 15) is 5.11 Å². The van der Waals surface area contributed by atoms with Gasteiger partial charge in [-0.15, -0.1) is 0 Å². The summed E-state index contributed by atoms with van der Waals surface area (Å²) in [5.74, 6) is 1.03. The molecule has 1 nitrogen and oxygen atoms in total. The van der Waals surface area contributed by atoms with E-state index in [2.05, 4.69) is 39.0 Å². The first kappa shape index (κ1) is 13.5. The van der Waals surface area contributed by atoms with Crippen LogP contribution in [0.4, 0.5) is 0 Å². The molecule has 1 heteroatoms. The summed E-state index contributed by atoms with van der Waals surface area (Å²) >= 11 is 0. The summed E-state index contributed by atoms with van der Waals surface area (Å²) in [6.07, 6.45) is 12.0. The molecule has 16 heavy (non-hydrogen) atoms. The molecule has 0 aromatic rings. The highest BCUT2D eigenvalue weighted by molar-refractivity contribution is 5.24. The highest BCUT2D eigenvalue weighted by Crippen LogP contribution is 2.24. The molecule has 0 saturated carbocycles. The van der Waals surface area contributed by atoms with E-state index < -0.39 is 0 Å². The summed E-state index contributed by atoms with van der Waals surface area (Å²) in [6, 6.07) is 0. The fourth-order valence-electron chi connectivity index (χ4n) is 2.16. The lowest BCUT2D eigenvalue weighted by atomic mass is 9.88. The maximum absolute atomic E-state index is 10.1. The van der Waals surface area contributed by atoms with Crippen LogP contribution in [0.25, 0.3) is 0 Å². The van der Waals surface area contributed by atoms with Crippen LogP contribution in [0, 0.1) is 11.8 Å². The van der Waals surface area contributed by atoms with E-state index in [0.717, 1.165) is 19.3 Å². The van der Waals surface area contributed by atoms with Crippen LogP contribution in [0.15, 0.2) is 23.8 Å². The van der Waals surface area contributed by atoms with Crippen LogP contribution >= 0.6 is 0 Å². The van der Waals surface area contributed by atoms with Gasteiger partial charge >= 0.3 is 0 Å². The number of allylic oxidation sites excluding steroid dienone is 3. The maximum atomic E-state index is 10.1. The van der Waals surface area contributed by atoms with Crippen molar-refractivity contribution in [2.45, 2.75) is 59.0 Å². The molecular weight excluding hydrogens is 196 g/mol. The molecule has 0 aromatic carbocycles. The normalized spacial score (nSPS) is 22.3. The number of hydrogen-bond donors (Lipinski definition) is 1. The van der Waals surface area contributed by atoms with Gasteiger partial charge in [0.05, 0.1) is 6.10 Å². The van der Waals surface area contributed by atoms with Gasteiger partial charge in [-0.2, -0.15) is 0 Å². The zero-order chi connectivity index (χ0) is 12.0. The Morgan fingerprint density at radius 3 is 2.62 bits per heavy atom. The van der Waals surface area contributed by atoms with Crippen molar-refractivity contribution >= 4 is 0 Å². The topological polar surface area (TPSA) is 20.2 Å². The molecule has 0 saturated heterocycles. The predicted octanol–water partition coefficient (Wildman–Crippen LogP) is 4.09. The molecule has 0 radical (unpaired) electrons. The second kappa shape index (κ2) is 6.90. The van der Waals surface area contributed by atoms with E-state index in [-0.39, 0.29) is 6.10 Å². The van der Waals surface area contributed by atoms with Crippen molar-refractivity contribution in [3.05, 3.63) is 23.8 Å². The highest BCUT2D eigenvalue weighted by atomic mass is 16.3. The van der Waals surface area contributed by atoms with Gasteiger partial charge in [0.1, 0.15) is 0 Å². The van der Waals surface area contributed by atoms with Gasteiger partial charge in [-0.3, -0.25) is 0 Å². The average Bonchev–Trinajstić information content (AvgIpc) is 2.27. The Morgan fingerprint density at radius 2 is 2.12 bits per heavy atom. The molecule has 92 valence electrons. The van der Waals surface area contributed by atoms with Crippen molar-refractivity contribution in [2.24, 2.45) is 11.8 Å². The van der Waals surface area contributed by atoms with E-state index in [1.807, 2.05) is 0 Å². The Balaban J connectivity index is 2.33. The Morgan fingerprint density at radius 1 is 1.38 bits per heavy atom. The van der Waals surface area contributed by atoms with E-state index in [0.29, 0.717) is 11.8 Å². The van der Waals surface area contributed by atoms with Crippen molar-refractivity contribution in [2.75, 3.05) is 0 Å². The summed E-state index contributed by atoms with van der Waals surface area (Å²) in [4.78, 5) is 0. The van der Waals surface area contributed by atoms with Crippen molar-refractivity contribution in [1.29, 1.82) is 0 Å².